The minimum absolute atomic E-state index is 0. The van der Waals surface area contributed by atoms with Crippen molar-refractivity contribution >= 4 is 12.4 Å². The lowest BCUT2D eigenvalue weighted by Crippen LogP contribution is -2.12. The van der Waals surface area contributed by atoms with Gasteiger partial charge in [-0.1, -0.05) is 48.6 Å². The molecule has 0 spiro atoms. The van der Waals surface area contributed by atoms with Crippen LogP contribution in [-0.2, 0) is 13.1 Å². The summed E-state index contributed by atoms with van der Waals surface area (Å²) in [5.74, 6) is 1.54. The van der Waals surface area contributed by atoms with Gasteiger partial charge in [-0.3, -0.25) is 0 Å². The molecule has 2 rings (SSSR count). The van der Waals surface area contributed by atoms with Crippen LogP contribution >= 0.6 is 12.4 Å². The zero-order chi connectivity index (χ0) is 16.5. The summed E-state index contributed by atoms with van der Waals surface area (Å²) in [5, 5.41) is 3.46. The minimum Gasteiger partial charge on any atom is -0.490 e. The molecule has 2 aromatic carbocycles. The molecular weight excluding hydrogens is 322 g/mol. The normalized spacial score (nSPS) is 9.92. The molecular formula is C20H26ClNO2. The average molecular weight is 348 g/mol. The molecule has 0 saturated carbocycles. The third kappa shape index (κ3) is 6.26. The van der Waals surface area contributed by atoms with Crippen molar-refractivity contribution in [2.24, 2.45) is 0 Å². The highest BCUT2D eigenvalue weighted by atomic mass is 35.5. The SMILES string of the molecule is C=CCOc1ccc(CNCc2ccc(C)cc2)cc1OCC.Cl. The van der Waals surface area contributed by atoms with Crippen LogP contribution in [0.15, 0.2) is 55.1 Å². The molecule has 1 N–H and O–H groups in total. The maximum atomic E-state index is 5.67. The summed E-state index contributed by atoms with van der Waals surface area (Å²) >= 11 is 0. The molecule has 0 amide bonds. The molecule has 0 saturated heterocycles. The van der Waals surface area contributed by atoms with Crippen molar-refractivity contribution in [2.45, 2.75) is 26.9 Å². The predicted molar refractivity (Wildman–Crippen MR) is 102 cm³/mol. The summed E-state index contributed by atoms with van der Waals surface area (Å²) in [6, 6.07) is 14.6. The Morgan fingerprint density at radius 3 is 2.29 bits per heavy atom. The van der Waals surface area contributed by atoms with E-state index in [2.05, 4.69) is 49.2 Å². The first-order valence-electron chi connectivity index (χ1n) is 7.98. The van der Waals surface area contributed by atoms with E-state index in [1.165, 1.54) is 16.7 Å². The number of ether oxygens (including phenoxy) is 2. The van der Waals surface area contributed by atoms with Gasteiger partial charge in [0, 0.05) is 13.1 Å². The molecule has 0 atom stereocenters. The highest BCUT2D eigenvalue weighted by Crippen LogP contribution is 2.28. The van der Waals surface area contributed by atoms with Crippen molar-refractivity contribution in [1.82, 2.24) is 5.32 Å². The molecule has 0 radical (unpaired) electrons. The Hall–Kier alpha value is -1.97. The van der Waals surface area contributed by atoms with Crippen LogP contribution < -0.4 is 14.8 Å². The van der Waals surface area contributed by atoms with Crippen molar-refractivity contribution in [3.63, 3.8) is 0 Å². The van der Waals surface area contributed by atoms with Gasteiger partial charge in [0.15, 0.2) is 11.5 Å². The van der Waals surface area contributed by atoms with Crippen LogP contribution in [0.1, 0.15) is 23.6 Å². The zero-order valence-corrected chi connectivity index (χ0v) is 15.2. The molecule has 3 nitrogen and oxygen atoms in total. The van der Waals surface area contributed by atoms with Crippen LogP contribution in [-0.4, -0.2) is 13.2 Å². The minimum atomic E-state index is 0. The second kappa shape index (κ2) is 10.7. The Morgan fingerprint density at radius 2 is 1.62 bits per heavy atom. The monoisotopic (exact) mass is 347 g/mol. The third-order valence-corrected chi connectivity index (χ3v) is 3.44. The summed E-state index contributed by atoms with van der Waals surface area (Å²) in [6.45, 7) is 10.5. The van der Waals surface area contributed by atoms with Crippen LogP contribution in [0.3, 0.4) is 0 Å². The van der Waals surface area contributed by atoms with Crippen LogP contribution in [0.2, 0.25) is 0 Å². The van der Waals surface area contributed by atoms with Crippen molar-refractivity contribution in [3.8, 4) is 11.5 Å². The topological polar surface area (TPSA) is 30.5 Å². The number of nitrogens with one attached hydrogen (secondary N) is 1. The van der Waals surface area contributed by atoms with Gasteiger partial charge < -0.3 is 14.8 Å². The van der Waals surface area contributed by atoms with Crippen molar-refractivity contribution in [2.75, 3.05) is 13.2 Å². The Labute approximate surface area is 151 Å². The van der Waals surface area contributed by atoms with Gasteiger partial charge in [0.2, 0.25) is 0 Å². The lowest BCUT2D eigenvalue weighted by atomic mass is 10.1. The number of benzene rings is 2. The fourth-order valence-electron chi connectivity index (χ4n) is 2.26. The van der Waals surface area contributed by atoms with Gasteiger partial charge in [-0.15, -0.1) is 12.4 Å². The number of aryl methyl sites for hydroxylation is 1. The van der Waals surface area contributed by atoms with Gasteiger partial charge >= 0.3 is 0 Å². The average Bonchev–Trinajstić information content (AvgIpc) is 2.56. The van der Waals surface area contributed by atoms with Gasteiger partial charge in [0.05, 0.1) is 6.61 Å². The number of hydrogen-bond acceptors (Lipinski definition) is 3. The maximum Gasteiger partial charge on any atom is 0.161 e. The molecule has 0 aliphatic heterocycles. The maximum absolute atomic E-state index is 5.67. The van der Waals surface area contributed by atoms with Gasteiger partial charge in [0.25, 0.3) is 0 Å². The quantitative estimate of drug-likeness (QED) is 0.668. The van der Waals surface area contributed by atoms with E-state index < -0.39 is 0 Å². The van der Waals surface area contributed by atoms with Crippen LogP contribution in [0.4, 0.5) is 0 Å². The number of halogens is 1. The Balaban J connectivity index is 0.00000288. The highest BCUT2D eigenvalue weighted by molar-refractivity contribution is 5.85. The Morgan fingerprint density at radius 1 is 0.958 bits per heavy atom. The molecule has 0 heterocycles. The highest BCUT2D eigenvalue weighted by Gasteiger charge is 2.06. The van der Waals surface area contributed by atoms with E-state index in [0.717, 1.165) is 24.6 Å². The van der Waals surface area contributed by atoms with Gasteiger partial charge in [-0.25, -0.2) is 0 Å². The zero-order valence-electron chi connectivity index (χ0n) is 14.4. The third-order valence-electron chi connectivity index (χ3n) is 3.44. The lowest BCUT2D eigenvalue weighted by Gasteiger charge is -2.13. The molecule has 2 aromatic rings. The molecule has 130 valence electrons. The van der Waals surface area contributed by atoms with Crippen molar-refractivity contribution < 1.29 is 9.47 Å². The Bertz CT molecular complexity index is 626. The second-order valence-corrected chi connectivity index (χ2v) is 5.40. The summed E-state index contributed by atoms with van der Waals surface area (Å²) < 4.78 is 11.3. The van der Waals surface area contributed by atoms with E-state index in [1.807, 2.05) is 19.1 Å². The van der Waals surface area contributed by atoms with E-state index in [1.54, 1.807) is 6.08 Å². The van der Waals surface area contributed by atoms with E-state index in [0.29, 0.717) is 13.2 Å². The largest absolute Gasteiger partial charge is 0.490 e. The molecule has 0 aliphatic rings. The summed E-state index contributed by atoms with van der Waals surface area (Å²) in [6.07, 6.45) is 1.73. The first kappa shape index (κ1) is 20.1. The fourth-order valence-corrected chi connectivity index (χ4v) is 2.26. The van der Waals surface area contributed by atoms with Crippen LogP contribution in [0.5, 0.6) is 11.5 Å². The standard InChI is InChI=1S/C20H25NO2.ClH/c1-4-12-23-19-11-10-18(13-20(19)22-5-2)15-21-14-17-8-6-16(3)7-9-17;/h4,6-11,13,21H,1,5,12,14-15H2,2-3H3;1H. The molecule has 4 heteroatoms. The van der Waals surface area contributed by atoms with E-state index in [4.69, 9.17) is 9.47 Å². The van der Waals surface area contributed by atoms with Crippen LogP contribution in [0.25, 0.3) is 0 Å². The number of rotatable bonds is 9. The van der Waals surface area contributed by atoms with Gasteiger partial charge in [0.1, 0.15) is 6.61 Å². The van der Waals surface area contributed by atoms with Crippen molar-refractivity contribution in [1.29, 1.82) is 0 Å². The summed E-state index contributed by atoms with van der Waals surface area (Å²) in [4.78, 5) is 0. The molecule has 24 heavy (non-hydrogen) atoms. The smallest absolute Gasteiger partial charge is 0.161 e. The first-order valence-corrected chi connectivity index (χ1v) is 7.98. The molecule has 0 bridgehead atoms. The summed E-state index contributed by atoms with van der Waals surface area (Å²) in [5.41, 5.74) is 3.74. The van der Waals surface area contributed by atoms with Crippen LogP contribution in [0, 0.1) is 6.92 Å². The molecule has 0 aromatic heterocycles. The van der Waals surface area contributed by atoms with E-state index in [9.17, 15) is 0 Å². The molecule has 0 fully saturated rings. The number of hydrogen-bond donors (Lipinski definition) is 1. The van der Waals surface area contributed by atoms with E-state index in [-0.39, 0.29) is 12.4 Å². The van der Waals surface area contributed by atoms with Crippen molar-refractivity contribution in [3.05, 3.63) is 71.8 Å². The Kier molecular flexibility index (Phi) is 8.98. The molecule has 0 unspecified atom stereocenters. The fraction of sp³-hybridized carbons (Fsp3) is 0.300. The van der Waals surface area contributed by atoms with E-state index >= 15 is 0 Å². The van der Waals surface area contributed by atoms with Gasteiger partial charge in [-0.05, 0) is 37.1 Å². The second-order valence-electron chi connectivity index (χ2n) is 5.40. The lowest BCUT2D eigenvalue weighted by molar-refractivity contribution is 0.296. The summed E-state index contributed by atoms with van der Waals surface area (Å²) in [7, 11) is 0. The van der Waals surface area contributed by atoms with Gasteiger partial charge in [-0.2, -0.15) is 0 Å². The molecule has 0 aliphatic carbocycles. The first-order chi connectivity index (χ1) is 11.2. The predicted octanol–water partition coefficient (Wildman–Crippen LogP) is 4.67.